The van der Waals surface area contributed by atoms with Crippen LogP contribution in [0.3, 0.4) is 0 Å². The predicted octanol–water partition coefficient (Wildman–Crippen LogP) is 4.91. The van der Waals surface area contributed by atoms with Crippen LogP contribution in [0.4, 0.5) is 4.39 Å². The van der Waals surface area contributed by atoms with Crippen molar-refractivity contribution in [2.24, 2.45) is 0 Å². The van der Waals surface area contributed by atoms with E-state index in [9.17, 15) is 4.39 Å². The summed E-state index contributed by atoms with van der Waals surface area (Å²) in [6.07, 6.45) is 1.98. The van der Waals surface area contributed by atoms with Crippen LogP contribution >= 0.6 is 11.6 Å². The van der Waals surface area contributed by atoms with E-state index < -0.39 is 0 Å². The fraction of sp³-hybridized carbons (Fsp3) is 0.429. The Balaban J connectivity index is 0.00000121. The SMILES string of the molecule is C=C(CCC)NCc1cc(F)cc(Cl)c1.CC. The van der Waals surface area contributed by atoms with Gasteiger partial charge in [0.05, 0.1) is 0 Å². The van der Waals surface area contributed by atoms with Crippen molar-refractivity contribution in [3.8, 4) is 0 Å². The summed E-state index contributed by atoms with van der Waals surface area (Å²) in [7, 11) is 0. The van der Waals surface area contributed by atoms with Crippen molar-refractivity contribution >= 4 is 11.6 Å². The lowest BCUT2D eigenvalue weighted by Gasteiger charge is -2.08. The third-order valence-electron chi connectivity index (χ3n) is 2.02. The summed E-state index contributed by atoms with van der Waals surface area (Å²) >= 11 is 5.74. The molecule has 1 rings (SSSR count). The number of nitrogens with one attached hydrogen (secondary N) is 1. The van der Waals surface area contributed by atoms with Crippen LogP contribution in [0.1, 0.15) is 39.2 Å². The summed E-state index contributed by atoms with van der Waals surface area (Å²) < 4.78 is 13.0. The van der Waals surface area contributed by atoms with Crippen molar-refractivity contribution in [1.29, 1.82) is 0 Å². The first-order valence-electron chi connectivity index (χ1n) is 5.98. The summed E-state index contributed by atoms with van der Waals surface area (Å²) in [6, 6.07) is 4.51. The predicted molar refractivity (Wildman–Crippen MR) is 73.6 cm³/mol. The van der Waals surface area contributed by atoms with Crippen LogP contribution in [0.25, 0.3) is 0 Å². The topological polar surface area (TPSA) is 12.0 Å². The lowest BCUT2D eigenvalue weighted by Crippen LogP contribution is -2.11. The number of hydrogen-bond donors (Lipinski definition) is 1. The summed E-state index contributed by atoms with van der Waals surface area (Å²) in [5, 5.41) is 3.56. The van der Waals surface area contributed by atoms with E-state index in [4.69, 9.17) is 11.6 Å². The second-order valence-electron chi connectivity index (χ2n) is 3.48. The normalized spacial score (nSPS) is 9.24. The molecule has 0 amide bonds. The van der Waals surface area contributed by atoms with Crippen LogP contribution < -0.4 is 5.32 Å². The second-order valence-corrected chi connectivity index (χ2v) is 3.92. The Hall–Kier alpha value is -1.02. The fourth-order valence-corrected chi connectivity index (χ4v) is 1.57. The van der Waals surface area contributed by atoms with E-state index in [1.54, 1.807) is 6.07 Å². The van der Waals surface area contributed by atoms with Gasteiger partial charge in [0.25, 0.3) is 0 Å². The van der Waals surface area contributed by atoms with E-state index in [1.165, 1.54) is 12.1 Å². The maximum Gasteiger partial charge on any atom is 0.125 e. The van der Waals surface area contributed by atoms with E-state index in [2.05, 4.69) is 18.8 Å². The molecule has 1 N–H and O–H groups in total. The van der Waals surface area contributed by atoms with Crippen molar-refractivity contribution in [2.75, 3.05) is 0 Å². The summed E-state index contributed by atoms with van der Waals surface area (Å²) in [5.74, 6) is -0.305. The third-order valence-corrected chi connectivity index (χ3v) is 2.23. The van der Waals surface area contributed by atoms with Gasteiger partial charge in [-0.2, -0.15) is 0 Å². The zero-order chi connectivity index (χ0) is 13.3. The van der Waals surface area contributed by atoms with Crippen LogP contribution in [0.2, 0.25) is 5.02 Å². The number of rotatable bonds is 5. The quantitative estimate of drug-likeness (QED) is 0.790. The van der Waals surface area contributed by atoms with Crippen LogP contribution in [0.5, 0.6) is 0 Å². The molecule has 0 radical (unpaired) electrons. The van der Waals surface area contributed by atoms with Crippen molar-refractivity contribution < 1.29 is 4.39 Å². The molecule has 0 aliphatic heterocycles. The summed E-state index contributed by atoms with van der Waals surface area (Å²) in [5.41, 5.74) is 1.80. The number of benzene rings is 1. The number of halogens is 2. The molecule has 0 spiro atoms. The summed E-state index contributed by atoms with van der Waals surface area (Å²) in [4.78, 5) is 0. The molecule has 1 aromatic carbocycles. The minimum absolute atomic E-state index is 0.305. The number of hydrogen-bond acceptors (Lipinski definition) is 1. The molecule has 0 fully saturated rings. The lowest BCUT2D eigenvalue weighted by molar-refractivity contribution is 0.623. The fourth-order valence-electron chi connectivity index (χ4n) is 1.33. The molecule has 3 heteroatoms. The highest BCUT2D eigenvalue weighted by Crippen LogP contribution is 2.14. The van der Waals surface area contributed by atoms with Gasteiger partial charge >= 0.3 is 0 Å². The molecule has 0 atom stereocenters. The van der Waals surface area contributed by atoms with Gasteiger partial charge in [0.2, 0.25) is 0 Å². The first kappa shape index (κ1) is 16.0. The highest BCUT2D eigenvalue weighted by atomic mass is 35.5. The number of allylic oxidation sites excluding steroid dienone is 1. The first-order valence-corrected chi connectivity index (χ1v) is 6.36. The van der Waals surface area contributed by atoms with Crippen molar-refractivity contribution in [3.63, 3.8) is 0 Å². The van der Waals surface area contributed by atoms with Crippen LogP contribution in [0, 0.1) is 5.82 Å². The van der Waals surface area contributed by atoms with Gasteiger partial charge in [-0.15, -0.1) is 0 Å². The van der Waals surface area contributed by atoms with Crippen LogP contribution in [-0.4, -0.2) is 0 Å². The molecule has 0 heterocycles. The monoisotopic (exact) mass is 257 g/mol. The Morgan fingerprint density at radius 1 is 1.35 bits per heavy atom. The van der Waals surface area contributed by atoms with Crippen LogP contribution in [0.15, 0.2) is 30.5 Å². The second kappa shape index (κ2) is 9.06. The van der Waals surface area contributed by atoms with Crippen molar-refractivity contribution in [2.45, 2.75) is 40.2 Å². The maximum absolute atomic E-state index is 13.0. The van der Waals surface area contributed by atoms with Gasteiger partial charge in [-0.05, 0) is 30.2 Å². The molecule has 0 saturated carbocycles. The van der Waals surface area contributed by atoms with E-state index in [1.807, 2.05) is 13.8 Å². The van der Waals surface area contributed by atoms with E-state index in [-0.39, 0.29) is 5.82 Å². The first-order chi connectivity index (χ1) is 8.11. The Kier molecular flexibility index (Phi) is 8.51. The molecular formula is C14H21ClFN. The molecule has 0 aliphatic carbocycles. The van der Waals surface area contributed by atoms with Gasteiger partial charge in [0.1, 0.15) is 5.82 Å². The highest BCUT2D eigenvalue weighted by Gasteiger charge is 1.99. The van der Waals surface area contributed by atoms with E-state index >= 15 is 0 Å². The van der Waals surface area contributed by atoms with Crippen molar-refractivity contribution in [3.05, 3.63) is 46.9 Å². The van der Waals surface area contributed by atoms with Gasteiger partial charge in [0.15, 0.2) is 0 Å². The Morgan fingerprint density at radius 3 is 2.53 bits per heavy atom. The average Bonchev–Trinajstić information content (AvgIpc) is 2.28. The van der Waals surface area contributed by atoms with Gasteiger partial charge < -0.3 is 5.32 Å². The van der Waals surface area contributed by atoms with Crippen molar-refractivity contribution in [1.82, 2.24) is 5.32 Å². The molecule has 1 aromatic rings. The van der Waals surface area contributed by atoms with Gasteiger partial charge in [-0.3, -0.25) is 0 Å². The molecule has 0 bridgehead atoms. The standard InChI is InChI=1S/C12H15ClFN.C2H6/c1-3-4-9(2)15-8-10-5-11(13)7-12(14)6-10;1-2/h5-7,15H,2-4,8H2,1H3;1-2H3. The molecule has 1 nitrogen and oxygen atoms in total. The molecule has 0 aromatic heterocycles. The van der Waals surface area contributed by atoms with Gasteiger partial charge in [-0.25, -0.2) is 4.39 Å². The molecule has 0 unspecified atom stereocenters. The van der Waals surface area contributed by atoms with E-state index in [0.717, 1.165) is 24.1 Å². The zero-order valence-corrected chi connectivity index (χ0v) is 11.6. The zero-order valence-electron chi connectivity index (χ0n) is 10.8. The minimum Gasteiger partial charge on any atom is -0.385 e. The molecular weight excluding hydrogens is 237 g/mol. The Bertz CT molecular complexity index is 330. The smallest absolute Gasteiger partial charge is 0.125 e. The molecule has 0 saturated heterocycles. The largest absolute Gasteiger partial charge is 0.385 e. The molecule has 96 valence electrons. The molecule has 17 heavy (non-hydrogen) atoms. The third kappa shape index (κ3) is 7.01. The van der Waals surface area contributed by atoms with Gasteiger partial charge in [-0.1, -0.05) is 45.4 Å². The Labute approximate surface area is 109 Å². The average molecular weight is 258 g/mol. The maximum atomic E-state index is 13.0. The lowest BCUT2D eigenvalue weighted by atomic mass is 10.2. The van der Waals surface area contributed by atoms with E-state index in [0.29, 0.717) is 11.6 Å². The van der Waals surface area contributed by atoms with Crippen LogP contribution in [-0.2, 0) is 6.54 Å². The highest BCUT2D eigenvalue weighted by molar-refractivity contribution is 6.30. The minimum atomic E-state index is -0.305. The molecule has 0 aliphatic rings. The Morgan fingerprint density at radius 2 is 2.00 bits per heavy atom. The summed E-state index contributed by atoms with van der Waals surface area (Å²) in [6.45, 7) is 10.5. The van der Waals surface area contributed by atoms with Gasteiger partial charge in [0, 0.05) is 17.3 Å².